The molecule has 156 valence electrons. The van der Waals surface area contributed by atoms with E-state index in [0.29, 0.717) is 0 Å². The first kappa shape index (κ1) is 22.5. The van der Waals surface area contributed by atoms with Crippen LogP contribution < -0.4 is 16.2 Å². The van der Waals surface area contributed by atoms with Crippen LogP contribution in [-0.4, -0.2) is 35.8 Å². The molecule has 0 aromatic heterocycles. The minimum atomic E-state index is -3.94. The third-order valence-corrected chi connectivity index (χ3v) is 6.41. The predicted octanol–water partition coefficient (Wildman–Crippen LogP) is 3.25. The van der Waals surface area contributed by atoms with Crippen LogP contribution in [0.2, 0.25) is 0 Å². The summed E-state index contributed by atoms with van der Waals surface area (Å²) in [5, 5.41) is 14.3. The second-order valence-electron chi connectivity index (χ2n) is 6.10. The summed E-state index contributed by atoms with van der Waals surface area (Å²) in [6.07, 6.45) is 0. The molecule has 0 spiro atoms. The number of thiocarbonyl (C=S) groups is 1. The van der Waals surface area contributed by atoms with Crippen LogP contribution in [0.4, 0.5) is 17.1 Å². The summed E-state index contributed by atoms with van der Waals surface area (Å²) in [7, 11) is -3.94. The highest BCUT2D eigenvalue weighted by Gasteiger charge is 2.27. The van der Waals surface area contributed by atoms with Crippen LogP contribution in [0, 0.1) is 17.0 Å². The minimum absolute atomic E-state index is 0.149. The fourth-order valence-electron chi connectivity index (χ4n) is 2.57. The van der Waals surface area contributed by atoms with Gasteiger partial charge in [0.25, 0.3) is 5.69 Å². The third kappa shape index (κ3) is 5.62. The van der Waals surface area contributed by atoms with Gasteiger partial charge in [0.1, 0.15) is 4.90 Å². The molecule has 0 atom stereocenters. The highest BCUT2D eigenvalue weighted by atomic mass is 32.2. The molecule has 0 aliphatic rings. The maximum Gasteiger partial charge on any atom is 0.270 e. The van der Waals surface area contributed by atoms with Crippen LogP contribution in [0.3, 0.4) is 0 Å². The van der Waals surface area contributed by atoms with Gasteiger partial charge in [0.05, 0.1) is 10.6 Å². The highest BCUT2D eigenvalue weighted by molar-refractivity contribution is 7.89. The van der Waals surface area contributed by atoms with Crippen LogP contribution in [0.5, 0.6) is 0 Å². The molecule has 0 aliphatic heterocycles. The molecule has 0 saturated heterocycles. The van der Waals surface area contributed by atoms with Gasteiger partial charge in [0.2, 0.25) is 10.0 Å². The molecule has 0 bridgehead atoms. The van der Waals surface area contributed by atoms with Crippen LogP contribution >= 0.6 is 12.2 Å². The quantitative estimate of drug-likeness (QED) is 0.327. The Hall–Kier alpha value is -2.76. The lowest BCUT2D eigenvalue weighted by Crippen LogP contribution is -2.35. The third-order valence-electron chi connectivity index (χ3n) is 4.12. The van der Waals surface area contributed by atoms with Crippen molar-refractivity contribution in [2.75, 3.05) is 23.8 Å². The van der Waals surface area contributed by atoms with Crippen molar-refractivity contribution in [2.45, 2.75) is 25.7 Å². The van der Waals surface area contributed by atoms with Gasteiger partial charge in [0, 0.05) is 30.9 Å². The molecule has 0 radical (unpaired) electrons. The van der Waals surface area contributed by atoms with E-state index in [0.717, 1.165) is 17.3 Å². The van der Waals surface area contributed by atoms with Gasteiger partial charge in [0.15, 0.2) is 5.11 Å². The average Bonchev–Trinajstić information content (AvgIpc) is 2.68. The summed E-state index contributed by atoms with van der Waals surface area (Å²) in [5.41, 5.74) is 7.14. The van der Waals surface area contributed by atoms with E-state index in [2.05, 4.69) is 16.2 Å². The SMILES string of the molecule is CCN(CC)S(=O)(=O)c1cc([N+](=O)[O-])ccc1NNC(=S)Nc1ccc(C)cc1. The maximum atomic E-state index is 12.9. The van der Waals surface area contributed by atoms with Crippen molar-refractivity contribution in [3.8, 4) is 0 Å². The van der Waals surface area contributed by atoms with Crippen molar-refractivity contribution >= 4 is 44.4 Å². The first-order valence-corrected chi connectivity index (χ1v) is 10.7. The van der Waals surface area contributed by atoms with Crippen molar-refractivity contribution in [1.82, 2.24) is 9.73 Å². The second-order valence-corrected chi connectivity index (χ2v) is 8.41. The Balaban J connectivity index is 2.26. The highest BCUT2D eigenvalue weighted by Crippen LogP contribution is 2.28. The Labute approximate surface area is 175 Å². The molecule has 11 heteroatoms. The number of hydrogen-bond donors (Lipinski definition) is 3. The van der Waals surface area contributed by atoms with E-state index in [-0.39, 0.29) is 34.5 Å². The summed E-state index contributed by atoms with van der Waals surface area (Å²) < 4.78 is 27.1. The van der Waals surface area contributed by atoms with Crippen molar-refractivity contribution in [3.63, 3.8) is 0 Å². The molecular formula is C18H23N5O4S2. The Bertz CT molecular complexity index is 990. The largest absolute Gasteiger partial charge is 0.331 e. The number of nitrogens with zero attached hydrogens (tertiary/aromatic N) is 2. The number of anilines is 2. The Kier molecular flexibility index (Phi) is 7.48. The molecule has 0 aliphatic carbocycles. The Morgan fingerprint density at radius 2 is 1.76 bits per heavy atom. The minimum Gasteiger partial charge on any atom is -0.331 e. The van der Waals surface area contributed by atoms with Gasteiger partial charge < -0.3 is 5.32 Å². The average molecular weight is 438 g/mol. The molecule has 2 aromatic carbocycles. The van der Waals surface area contributed by atoms with Gasteiger partial charge in [-0.05, 0) is 37.3 Å². The number of hydrogen-bond acceptors (Lipinski definition) is 6. The van der Waals surface area contributed by atoms with Crippen LogP contribution in [0.15, 0.2) is 47.4 Å². The summed E-state index contributed by atoms with van der Waals surface area (Å²) >= 11 is 5.22. The summed E-state index contributed by atoms with van der Waals surface area (Å²) in [6.45, 7) is 5.84. The first-order valence-electron chi connectivity index (χ1n) is 8.87. The standard InChI is InChI=1S/C18H23N5O4S2/c1-4-22(5-2)29(26,27)17-12-15(23(24)25)10-11-16(17)20-21-18(28)19-14-8-6-13(3)7-9-14/h6-12,20H,4-5H2,1-3H3,(H2,19,21,28). The smallest absolute Gasteiger partial charge is 0.270 e. The molecule has 2 aromatic rings. The van der Waals surface area contributed by atoms with Crippen LogP contribution in [0.1, 0.15) is 19.4 Å². The zero-order valence-electron chi connectivity index (χ0n) is 16.3. The summed E-state index contributed by atoms with van der Waals surface area (Å²) in [4.78, 5) is 10.3. The van der Waals surface area contributed by atoms with E-state index in [1.807, 2.05) is 31.2 Å². The molecule has 0 heterocycles. The van der Waals surface area contributed by atoms with E-state index in [1.165, 1.54) is 16.4 Å². The topological polar surface area (TPSA) is 117 Å². The lowest BCUT2D eigenvalue weighted by atomic mass is 10.2. The van der Waals surface area contributed by atoms with Gasteiger partial charge in [-0.1, -0.05) is 31.5 Å². The van der Waals surface area contributed by atoms with E-state index in [4.69, 9.17) is 12.2 Å². The van der Waals surface area contributed by atoms with Gasteiger partial charge >= 0.3 is 0 Å². The monoisotopic (exact) mass is 437 g/mol. The molecule has 0 amide bonds. The number of nitro groups is 1. The molecular weight excluding hydrogens is 414 g/mol. The molecule has 29 heavy (non-hydrogen) atoms. The Morgan fingerprint density at radius 3 is 2.31 bits per heavy atom. The van der Waals surface area contributed by atoms with Crippen molar-refractivity contribution in [1.29, 1.82) is 0 Å². The molecule has 2 rings (SSSR count). The van der Waals surface area contributed by atoms with Gasteiger partial charge in [-0.25, -0.2) is 8.42 Å². The number of benzene rings is 2. The van der Waals surface area contributed by atoms with Crippen molar-refractivity contribution in [2.24, 2.45) is 0 Å². The van der Waals surface area contributed by atoms with E-state index < -0.39 is 14.9 Å². The molecule has 9 nitrogen and oxygen atoms in total. The fourth-order valence-corrected chi connectivity index (χ4v) is 4.36. The number of nitro benzene ring substituents is 1. The summed E-state index contributed by atoms with van der Waals surface area (Å²) in [5.74, 6) is 0. The fraction of sp³-hybridized carbons (Fsp3) is 0.278. The first-order chi connectivity index (χ1) is 13.7. The maximum absolute atomic E-state index is 12.9. The van der Waals surface area contributed by atoms with Gasteiger partial charge in [-0.3, -0.25) is 21.0 Å². The normalized spacial score (nSPS) is 11.2. The Morgan fingerprint density at radius 1 is 1.14 bits per heavy atom. The molecule has 0 fully saturated rings. The van der Waals surface area contributed by atoms with E-state index in [9.17, 15) is 18.5 Å². The van der Waals surface area contributed by atoms with Crippen molar-refractivity contribution < 1.29 is 13.3 Å². The molecule has 3 N–H and O–H groups in total. The van der Waals surface area contributed by atoms with Gasteiger partial charge in [-0.2, -0.15) is 4.31 Å². The number of aryl methyl sites for hydroxylation is 1. The van der Waals surface area contributed by atoms with Crippen LogP contribution in [-0.2, 0) is 10.0 Å². The number of sulfonamides is 1. The summed E-state index contributed by atoms with van der Waals surface area (Å²) in [6, 6.07) is 11.1. The number of non-ortho nitro benzene ring substituents is 1. The number of hydrazine groups is 1. The zero-order valence-corrected chi connectivity index (χ0v) is 17.9. The van der Waals surface area contributed by atoms with E-state index >= 15 is 0 Å². The predicted molar refractivity (Wildman–Crippen MR) is 117 cm³/mol. The van der Waals surface area contributed by atoms with Gasteiger partial charge in [-0.15, -0.1) is 0 Å². The lowest BCUT2D eigenvalue weighted by molar-refractivity contribution is -0.385. The molecule has 0 saturated carbocycles. The van der Waals surface area contributed by atoms with E-state index in [1.54, 1.807) is 13.8 Å². The van der Waals surface area contributed by atoms with Crippen LogP contribution in [0.25, 0.3) is 0 Å². The van der Waals surface area contributed by atoms with Crippen molar-refractivity contribution in [3.05, 3.63) is 58.1 Å². The second kappa shape index (κ2) is 9.63. The molecule has 0 unspecified atom stereocenters. The number of nitrogens with one attached hydrogen (secondary N) is 3. The zero-order chi connectivity index (χ0) is 21.6. The lowest BCUT2D eigenvalue weighted by Gasteiger charge is -2.21. The number of rotatable bonds is 8.